The molecule has 0 N–H and O–H groups in total. The fraction of sp³-hybridized carbons (Fsp3) is 0. The van der Waals surface area contributed by atoms with Crippen LogP contribution in [0.3, 0.4) is 0 Å². The molecule has 0 aliphatic rings. The van der Waals surface area contributed by atoms with Crippen molar-refractivity contribution in [3.63, 3.8) is 0 Å². The van der Waals surface area contributed by atoms with Crippen LogP contribution in [-0.4, -0.2) is 0 Å². The van der Waals surface area contributed by atoms with E-state index in [1.54, 1.807) is 0 Å². The van der Waals surface area contributed by atoms with Crippen LogP contribution >= 0.6 is 0 Å². The molecule has 13 heteroatoms. The maximum absolute atomic E-state index is 8.58. The molecule has 0 fully saturated rings. The average Bonchev–Trinajstić information content (AvgIpc) is 1.54. The van der Waals surface area contributed by atoms with Gasteiger partial charge in [0.25, 0.3) is 0 Å². The van der Waals surface area contributed by atoms with Crippen molar-refractivity contribution in [2.24, 2.45) is 0 Å². The summed E-state index contributed by atoms with van der Waals surface area (Å²) in [5, 5.41) is 0. The predicted octanol–water partition coefficient (Wildman–Crippen LogP) is -7.50. The van der Waals surface area contributed by atoms with Gasteiger partial charge in [-0.1, -0.05) is 0 Å². The third-order valence-electron chi connectivity index (χ3n) is 0. The minimum absolute atomic E-state index is 0. The van der Waals surface area contributed by atoms with Gasteiger partial charge in [0.2, 0.25) is 0 Å². The molecule has 0 radical (unpaired) electrons. The first-order chi connectivity index (χ1) is 5.20. The van der Waals surface area contributed by atoms with E-state index in [4.69, 9.17) is 32.1 Å². The van der Waals surface area contributed by atoms with E-state index in [0.717, 1.165) is 0 Å². The zero-order chi connectivity index (χ0) is 10.7. The minimum atomic E-state index is -4.08. The van der Waals surface area contributed by atoms with Crippen LogP contribution in [0, 0.1) is 0 Å². The Balaban J connectivity index is -0.0000000450. The SMILES string of the molecule is [O]=[Ti]([O-])[O-].[O]=[Ti]([O-])[O-].[O]=[Ti]([O-])[O-].[W]. The number of hydrogen-bond acceptors (Lipinski definition) is 9. The molecule has 0 saturated carbocycles. The summed E-state index contributed by atoms with van der Waals surface area (Å²) >= 11 is -12.2. The van der Waals surface area contributed by atoms with E-state index in [0.29, 0.717) is 0 Å². The molecule has 9 nitrogen and oxygen atoms in total. The van der Waals surface area contributed by atoms with Gasteiger partial charge in [0.15, 0.2) is 0 Å². The Kier molecular flexibility index (Phi) is 36.5. The molecule has 0 aromatic carbocycles. The monoisotopic (exact) mass is 472 g/mol. The van der Waals surface area contributed by atoms with Crippen LogP contribution in [0.5, 0.6) is 0 Å². The summed E-state index contributed by atoms with van der Waals surface area (Å²) in [5.41, 5.74) is 0. The van der Waals surface area contributed by atoms with Gasteiger partial charge in [-0.15, -0.1) is 0 Å². The standard InChI is InChI=1S/9O.3Ti.W/q;;;6*-1;;;;. The average molecular weight is 471 g/mol. The van der Waals surface area contributed by atoms with Crippen molar-refractivity contribution < 1.29 is 109 Å². The summed E-state index contributed by atoms with van der Waals surface area (Å²) in [6, 6.07) is 0. The molecule has 0 aromatic rings. The van der Waals surface area contributed by atoms with Gasteiger partial charge in [-0.25, -0.2) is 0 Å². The van der Waals surface area contributed by atoms with Crippen molar-refractivity contribution in [3.05, 3.63) is 0 Å². The molecule has 0 spiro atoms. The zero-order valence-corrected chi connectivity index (χ0v) is 13.2. The summed E-state index contributed by atoms with van der Waals surface area (Å²) in [6.07, 6.45) is 0. The largest absolute Gasteiger partial charge is 0 e. The molecule has 0 saturated heterocycles. The molecule has 0 aliphatic heterocycles. The van der Waals surface area contributed by atoms with E-state index >= 15 is 0 Å². The summed E-state index contributed by atoms with van der Waals surface area (Å²) in [4.78, 5) is 0. The van der Waals surface area contributed by atoms with Crippen molar-refractivity contribution in [1.82, 2.24) is 0 Å². The predicted molar refractivity (Wildman–Crippen MR) is 2.06 cm³/mol. The van der Waals surface area contributed by atoms with Gasteiger partial charge < -0.3 is 0 Å². The van der Waals surface area contributed by atoms with Crippen molar-refractivity contribution in [2.75, 3.05) is 0 Å². The van der Waals surface area contributed by atoms with Crippen molar-refractivity contribution in [2.45, 2.75) is 0 Å². The first-order valence-corrected chi connectivity index (χ1v) is 7.57. The molecule has 0 heterocycles. The second-order valence-corrected chi connectivity index (χ2v) is 3.09. The van der Waals surface area contributed by atoms with Gasteiger partial charge in [-0.2, -0.15) is 0 Å². The quantitative estimate of drug-likeness (QED) is 0.309. The molecule has 13 heavy (non-hydrogen) atoms. The van der Waals surface area contributed by atoms with Crippen LogP contribution in [0.4, 0.5) is 0 Å². The fourth-order valence-corrected chi connectivity index (χ4v) is 0. The van der Waals surface area contributed by atoms with Crippen molar-refractivity contribution >= 4 is 0 Å². The van der Waals surface area contributed by atoms with Crippen LogP contribution in [0.25, 0.3) is 0 Å². The third-order valence-corrected chi connectivity index (χ3v) is 0. The molecule has 78 valence electrons. The fourth-order valence-electron chi connectivity index (χ4n) is 0. The maximum atomic E-state index is 8.58. The summed E-state index contributed by atoms with van der Waals surface area (Å²) < 4.78 is 77.2. The summed E-state index contributed by atoms with van der Waals surface area (Å²) in [5.74, 6) is 0. The smallest absolute Gasteiger partial charge is 0 e. The van der Waals surface area contributed by atoms with Crippen LogP contribution in [0.2, 0.25) is 0 Å². The van der Waals surface area contributed by atoms with Gasteiger partial charge in [-0.05, 0) is 0 Å². The Morgan fingerprint density at radius 1 is 0.538 bits per heavy atom. The van der Waals surface area contributed by atoms with Gasteiger partial charge in [-0.3, -0.25) is 0 Å². The second kappa shape index (κ2) is 19.5. The second-order valence-electron chi connectivity index (χ2n) is 0.750. The van der Waals surface area contributed by atoms with E-state index < -0.39 is 55.8 Å². The number of rotatable bonds is 0. The van der Waals surface area contributed by atoms with E-state index in [9.17, 15) is 0 Å². The topological polar surface area (TPSA) is 190 Å². The molecule has 0 aromatic heterocycles. The Hall–Kier alpha value is 1.99. The van der Waals surface area contributed by atoms with E-state index in [1.165, 1.54) is 0 Å². The zero-order valence-electron chi connectivity index (χ0n) is 5.58. The molecule has 0 rings (SSSR count). The van der Waals surface area contributed by atoms with E-state index in [2.05, 4.69) is 0 Å². The number of hydrogen-bond donors (Lipinski definition) is 0. The summed E-state index contributed by atoms with van der Waals surface area (Å²) in [6.45, 7) is 0. The van der Waals surface area contributed by atoms with Crippen molar-refractivity contribution in [1.29, 1.82) is 0 Å². The first kappa shape index (κ1) is 24.3. The maximum Gasteiger partial charge on any atom is 0 e. The third kappa shape index (κ3) is 507. The first-order valence-electron chi connectivity index (χ1n) is 1.84. The minimum Gasteiger partial charge on any atom is 0 e. The van der Waals surface area contributed by atoms with Gasteiger partial charge >= 0.3 is 88.0 Å². The molecule has 0 amide bonds. The van der Waals surface area contributed by atoms with Gasteiger partial charge in [0.1, 0.15) is 0 Å². The molecular weight excluding hydrogens is 471 g/mol. The Morgan fingerprint density at radius 3 is 0.538 bits per heavy atom. The van der Waals surface area contributed by atoms with Crippen LogP contribution in [0.1, 0.15) is 0 Å². The van der Waals surface area contributed by atoms with Gasteiger partial charge in [0.05, 0.1) is 0 Å². The molecular formula is O9Ti3W-6. The summed E-state index contributed by atoms with van der Waals surface area (Å²) in [7, 11) is 0. The van der Waals surface area contributed by atoms with Gasteiger partial charge in [0, 0.05) is 21.1 Å². The van der Waals surface area contributed by atoms with Crippen molar-refractivity contribution in [3.8, 4) is 0 Å². The van der Waals surface area contributed by atoms with Crippen LogP contribution < -0.4 is 22.1 Å². The van der Waals surface area contributed by atoms with Crippen LogP contribution in [0.15, 0.2) is 0 Å². The Labute approximate surface area is 108 Å². The molecule has 0 bridgehead atoms. The van der Waals surface area contributed by atoms with E-state index in [1.807, 2.05) is 0 Å². The Morgan fingerprint density at radius 2 is 0.538 bits per heavy atom. The van der Waals surface area contributed by atoms with E-state index in [-0.39, 0.29) is 21.1 Å². The molecule has 0 aliphatic carbocycles. The molecule has 0 unspecified atom stereocenters. The molecule has 0 atom stereocenters. The van der Waals surface area contributed by atoms with Crippen LogP contribution in [-0.2, 0) is 86.9 Å². The Bertz CT molecular complexity index is 112. The normalized spacial score (nSPS) is 6.00.